The zero-order valence-corrected chi connectivity index (χ0v) is 14.1. The average Bonchev–Trinajstić information content (AvgIpc) is 2.55. The van der Waals surface area contributed by atoms with Crippen LogP contribution in [0, 0.1) is 0 Å². The van der Waals surface area contributed by atoms with Crippen LogP contribution < -0.4 is 19.7 Å². The number of methoxy groups -OCH3 is 2. The van der Waals surface area contributed by atoms with Gasteiger partial charge in [0, 0.05) is 32.4 Å². The molecule has 0 bridgehead atoms. The summed E-state index contributed by atoms with van der Waals surface area (Å²) in [5, 5.41) is 3.21. The van der Waals surface area contributed by atoms with Crippen LogP contribution in [0.25, 0.3) is 0 Å². The number of carbonyl (C=O) groups is 1. The number of aromatic nitrogens is 1. The number of nitrogens with one attached hydrogen (secondary N) is 1. The van der Waals surface area contributed by atoms with Crippen LogP contribution in [0.3, 0.4) is 0 Å². The minimum absolute atomic E-state index is 0.301. The van der Waals surface area contributed by atoms with Crippen molar-refractivity contribution in [1.29, 1.82) is 0 Å². The van der Waals surface area contributed by atoms with Gasteiger partial charge in [-0.05, 0) is 12.1 Å². The maximum absolute atomic E-state index is 12.6. The molecular formula is C16H18ClN3O3. The monoisotopic (exact) mass is 335 g/mol. The van der Waals surface area contributed by atoms with E-state index in [1.165, 1.54) is 14.2 Å². The normalized spacial score (nSPS) is 10.1. The maximum atomic E-state index is 12.6. The predicted octanol–water partition coefficient (Wildman–Crippen LogP) is 3.07. The van der Waals surface area contributed by atoms with Crippen LogP contribution in [-0.2, 0) is 0 Å². The summed E-state index contributed by atoms with van der Waals surface area (Å²) >= 11 is 6.07. The minimum atomic E-state index is -0.301. The van der Waals surface area contributed by atoms with E-state index in [0.29, 0.717) is 33.6 Å². The van der Waals surface area contributed by atoms with Crippen molar-refractivity contribution < 1.29 is 14.3 Å². The van der Waals surface area contributed by atoms with Gasteiger partial charge in [0.25, 0.3) is 5.91 Å². The molecule has 0 unspecified atom stereocenters. The first-order chi connectivity index (χ1) is 11.0. The van der Waals surface area contributed by atoms with Crippen molar-refractivity contribution in [3.8, 4) is 11.5 Å². The first kappa shape index (κ1) is 16.9. The summed E-state index contributed by atoms with van der Waals surface area (Å²) in [6.45, 7) is 0. The highest BCUT2D eigenvalue weighted by Crippen LogP contribution is 2.36. The topological polar surface area (TPSA) is 63.7 Å². The second-order valence-corrected chi connectivity index (χ2v) is 5.32. The number of hydrogen-bond acceptors (Lipinski definition) is 5. The molecule has 1 N–H and O–H groups in total. The summed E-state index contributed by atoms with van der Waals surface area (Å²) in [7, 11) is 6.66. The molecule has 0 saturated carbocycles. The predicted molar refractivity (Wildman–Crippen MR) is 91.1 cm³/mol. The lowest BCUT2D eigenvalue weighted by atomic mass is 10.2. The molecule has 122 valence electrons. The number of halogens is 1. The number of pyridine rings is 1. The molecule has 0 fully saturated rings. The van der Waals surface area contributed by atoms with E-state index in [9.17, 15) is 4.79 Å². The van der Waals surface area contributed by atoms with Gasteiger partial charge in [0.05, 0.1) is 30.5 Å². The molecule has 1 aromatic heterocycles. The van der Waals surface area contributed by atoms with Crippen LogP contribution in [0.1, 0.15) is 10.4 Å². The van der Waals surface area contributed by atoms with Crippen molar-refractivity contribution in [2.75, 3.05) is 38.5 Å². The van der Waals surface area contributed by atoms with E-state index >= 15 is 0 Å². The van der Waals surface area contributed by atoms with Crippen molar-refractivity contribution in [2.45, 2.75) is 0 Å². The van der Waals surface area contributed by atoms with Gasteiger partial charge in [-0.1, -0.05) is 11.6 Å². The van der Waals surface area contributed by atoms with Crippen LogP contribution in [0.5, 0.6) is 11.5 Å². The third kappa shape index (κ3) is 3.65. The Balaban J connectivity index is 2.37. The van der Waals surface area contributed by atoms with Crippen LogP contribution in [0.15, 0.2) is 30.5 Å². The van der Waals surface area contributed by atoms with E-state index in [1.807, 2.05) is 14.1 Å². The lowest BCUT2D eigenvalue weighted by Crippen LogP contribution is -2.20. The SMILES string of the molecule is COc1cc(NC(=O)c2cccnc2N(C)C)c(OC)cc1Cl. The fourth-order valence-electron chi connectivity index (χ4n) is 2.08. The van der Waals surface area contributed by atoms with Crippen molar-refractivity contribution in [2.24, 2.45) is 0 Å². The van der Waals surface area contributed by atoms with Crippen LogP contribution in [-0.4, -0.2) is 39.2 Å². The highest BCUT2D eigenvalue weighted by molar-refractivity contribution is 6.32. The summed E-state index contributed by atoms with van der Waals surface area (Å²) in [5.41, 5.74) is 0.917. The van der Waals surface area contributed by atoms with Gasteiger partial charge < -0.3 is 19.7 Å². The summed E-state index contributed by atoms with van der Waals surface area (Å²) in [6.07, 6.45) is 1.64. The number of ether oxygens (including phenoxy) is 2. The minimum Gasteiger partial charge on any atom is -0.495 e. The van der Waals surface area contributed by atoms with Crippen LogP contribution in [0.2, 0.25) is 5.02 Å². The Bertz CT molecular complexity index is 720. The number of rotatable bonds is 5. The second-order valence-electron chi connectivity index (χ2n) is 4.91. The number of anilines is 2. The molecule has 7 heteroatoms. The molecule has 0 spiro atoms. The summed E-state index contributed by atoms with van der Waals surface area (Å²) in [5.74, 6) is 1.16. The summed E-state index contributed by atoms with van der Waals surface area (Å²) in [4.78, 5) is 18.6. The van der Waals surface area contributed by atoms with Gasteiger partial charge in [-0.15, -0.1) is 0 Å². The smallest absolute Gasteiger partial charge is 0.259 e. The molecule has 0 aliphatic carbocycles. The van der Waals surface area contributed by atoms with Gasteiger partial charge >= 0.3 is 0 Å². The van der Waals surface area contributed by atoms with E-state index in [2.05, 4.69) is 10.3 Å². The van der Waals surface area contributed by atoms with E-state index in [-0.39, 0.29) is 5.91 Å². The molecule has 6 nitrogen and oxygen atoms in total. The van der Waals surface area contributed by atoms with Gasteiger partial charge in [0.1, 0.15) is 17.3 Å². The van der Waals surface area contributed by atoms with E-state index in [4.69, 9.17) is 21.1 Å². The quantitative estimate of drug-likeness (QED) is 0.909. The molecule has 2 rings (SSSR count). The Kier molecular flexibility index (Phi) is 5.28. The standard InChI is InChI=1S/C16H18ClN3O3/c1-20(2)15-10(6-5-7-18-15)16(21)19-12-9-13(22-3)11(17)8-14(12)23-4/h5-9H,1-4H3,(H,19,21). The Morgan fingerprint density at radius 1 is 1.22 bits per heavy atom. The fraction of sp³-hybridized carbons (Fsp3) is 0.250. The first-order valence-corrected chi connectivity index (χ1v) is 7.21. The number of amides is 1. The van der Waals surface area contributed by atoms with Crippen molar-refractivity contribution in [3.05, 3.63) is 41.0 Å². The zero-order chi connectivity index (χ0) is 17.0. The van der Waals surface area contributed by atoms with Gasteiger partial charge in [0.2, 0.25) is 0 Å². The molecular weight excluding hydrogens is 318 g/mol. The third-order valence-corrected chi connectivity index (χ3v) is 3.47. The Hall–Kier alpha value is -2.47. The van der Waals surface area contributed by atoms with Gasteiger partial charge in [-0.25, -0.2) is 4.98 Å². The van der Waals surface area contributed by atoms with E-state index in [0.717, 1.165) is 0 Å². The van der Waals surface area contributed by atoms with Crippen molar-refractivity contribution in [3.63, 3.8) is 0 Å². The lowest BCUT2D eigenvalue weighted by Gasteiger charge is -2.17. The zero-order valence-electron chi connectivity index (χ0n) is 13.4. The molecule has 0 atom stereocenters. The number of hydrogen-bond donors (Lipinski definition) is 1. The molecule has 0 saturated heterocycles. The Labute approximate surface area is 140 Å². The number of nitrogens with zero attached hydrogens (tertiary/aromatic N) is 2. The molecule has 0 radical (unpaired) electrons. The summed E-state index contributed by atoms with van der Waals surface area (Å²) in [6, 6.07) is 6.62. The first-order valence-electron chi connectivity index (χ1n) is 6.83. The molecule has 1 amide bonds. The van der Waals surface area contributed by atoms with E-state index in [1.54, 1.807) is 35.4 Å². The van der Waals surface area contributed by atoms with E-state index < -0.39 is 0 Å². The number of benzene rings is 1. The Morgan fingerprint density at radius 3 is 2.52 bits per heavy atom. The maximum Gasteiger partial charge on any atom is 0.259 e. The molecule has 23 heavy (non-hydrogen) atoms. The van der Waals surface area contributed by atoms with Gasteiger partial charge in [0.15, 0.2) is 0 Å². The highest BCUT2D eigenvalue weighted by atomic mass is 35.5. The van der Waals surface area contributed by atoms with Crippen molar-refractivity contribution >= 4 is 29.0 Å². The van der Waals surface area contributed by atoms with Gasteiger partial charge in [-0.3, -0.25) is 4.79 Å². The molecule has 2 aromatic rings. The largest absolute Gasteiger partial charge is 0.495 e. The Morgan fingerprint density at radius 2 is 1.91 bits per heavy atom. The molecule has 1 aromatic carbocycles. The fourth-order valence-corrected chi connectivity index (χ4v) is 2.31. The lowest BCUT2D eigenvalue weighted by molar-refractivity contribution is 0.102. The third-order valence-electron chi connectivity index (χ3n) is 3.18. The summed E-state index contributed by atoms with van der Waals surface area (Å²) < 4.78 is 10.4. The van der Waals surface area contributed by atoms with Gasteiger partial charge in [-0.2, -0.15) is 0 Å². The highest BCUT2D eigenvalue weighted by Gasteiger charge is 2.17. The number of carbonyl (C=O) groups excluding carboxylic acids is 1. The molecule has 0 aliphatic heterocycles. The molecule has 1 heterocycles. The van der Waals surface area contributed by atoms with Crippen LogP contribution >= 0.6 is 11.6 Å². The average molecular weight is 336 g/mol. The second kappa shape index (κ2) is 7.19. The molecule has 0 aliphatic rings. The van der Waals surface area contributed by atoms with Crippen molar-refractivity contribution in [1.82, 2.24) is 4.98 Å². The van der Waals surface area contributed by atoms with Crippen LogP contribution in [0.4, 0.5) is 11.5 Å².